The molecule has 2 bridgehead atoms. The number of hydrogen-bond acceptors (Lipinski definition) is 7. The average Bonchev–Trinajstić information content (AvgIpc) is 3.48. The summed E-state index contributed by atoms with van der Waals surface area (Å²) in [7, 11) is 0. The molecular formula is C29H41N3O6. The van der Waals surface area contributed by atoms with E-state index in [9.17, 15) is 19.5 Å². The minimum atomic E-state index is -1.18. The second-order valence-corrected chi connectivity index (χ2v) is 10.7. The van der Waals surface area contributed by atoms with Crippen LogP contribution in [0.25, 0.3) is 0 Å². The molecule has 3 aliphatic heterocycles. The monoisotopic (exact) mass is 527 g/mol. The molecule has 9 nitrogen and oxygen atoms in total. The summed E-state index contributed by atoms with van der Waals surface area (Å²) < 4.78 is 12.0. The molecule has 1 aromatic rings. The number of likely N-dealkylation sites (tertiary alicyclic amines) is 1. The number of aliphatic hydroxyl groups excluding tert-OH is 1. The topological polar surface area (TPSA) is 99.6 Å². The van der Waals surface area contributed by atoms with E-state index in [0.717, 1.165) is 18.8 Å². The molecule has 3 fully saturated rings. The van der Waals surface area contributed by atoms with Gasteiger partial charge in [0.25, 0.3) is 5.91 Å². The molecule has 2 unspecified atom stereocenters. The number of hydrogen-bond donors (Lipinski definition) is 1. The minimum Gasteiger partial charge on any atom is -0.466 e. The maximum Gasteiger partial charge on any atom is 0.312 e. The quantitative estimate of drug-likeness (QED) is 0.349. The summed E-state index contributed by atoms with van der Waals surface area (Å²) in [6.45, 7) is 15.1. The molecule has 208 valence electrons. The van der Waals surface area contributed by atoms with Gasteiger partial charge in [-0.3, -0.25) is 14.4 Å². The lowest BCUT2D eigenvalue weighted by Crippen LogP contribution is -2.58. The Hall–Kier alpha value is -2.91. The van der Waals surface area contributed by atoms with Crippen molar-refractivity contribution in [2.24, 2.45) is 11.8 Å². The van der Waals surface area contributed by atoms with Gasteiger partial charge < -0.3 is 29.3 Å². The van der Waals surface area contributed by atoms with Gasteiger partial charge in [-0.15, -0.1) is 6.58 Å². The zero-order valence-electron chi connectivity index (χ0n) is 23.2. The zero-order chi connectivity index (χ0) is 27.8. The second kappa shape index (κ2) is 10.7. The van der Waals surface area contributed by atoms with Gasteiger partial charge in [-0.25, -0.2) is 0 Å². The molecule has 1 spiro atoms. The number of anilines is 2. The molecule has 0 aliphatic carbocycles. The Morgan fingerprint density at radius 3 is 2.39 bits per heavy atom. The molecule has 6 atom stereocenters. The van der Waals surface area contributed by atoms with Crippen LogP contribution in [-0.4, -0.2) is 83.9 Å². The molecule has 0 aromatic heterocycles. The highest BCUT2D eigenvalue weighted by molar-refractivity contribution is 6.05. The number of fused-ring (bicyclic) bond motifs is 1. The van der Waals surface area contributed by atoms with E-state index in [1.54, 1.807) is 24.8 Å². The van der Waals surface area contributed by atoms with Gasteiger partial charge in [0.05, 0.1) is 30.8 Å². The molecule has 1 N–H and O–H groups in total. The number of nitrogens with zero attached hydrogens (tertiary/aromatic N) is 3. The third-order valence-corrected chi connectivity index (χ3v) is 8.60. The highest BCUT2D eigenvalue weighted by Crippen LogP contribution is 2.63. The van der Waals surface area contributed by atoms with Crippen molar-refractivity contribution in [2.75, 3.05) is 42.6 Å². The van der Waals surface area contributed by atoms with Crippen molar-refractivity contribution in [3.63, 3.8) is 0 Å². The van der Waals surface area contributed by atoms with Crippen LogP contribution in [0.15, 0.2) is 36.9 Å². The van der Waals surface area contributed by atoms with Crippen molar-refractivity contribution >= 4 is 29.2 Å². The van der Waals surface area contributed by atoms with E-state index < -0.39 is 41.1 Å². The Morgan fingerprint density at radius 2 is 1.84 bits per heavy atom. The summed E-state index contributed by atoms with van der Waals surface area (Å²) in [5, 5.41) is 10.1. The van der Waals surface area contributed by atoms with Crippen molar-refractivity contribution in [2.45, 2.75) is 70.7 Å². The molecule has 2 amide bonds. The maximum absolute atomic E-state index is 14.5. The van der Waals surface area contributed by atoms with E-state index >= 15 is 0 Å². The highest BCUT2D eigenvalue weighted by atomic mass is 16.6. The number of carbonyl (C=O) groups is 3. The lowest BCUT2D eigenvalue weighted by Gasteiger charge is -2.38. The van der Waals surface area contributed by atoms with Crippen molar-refractivity contribution in [3.05, 3.63) is 36.9 Å². The molecule has 1 aromatic carbocycles. The molecule has 3 aliphatic rings. The molecule has 4 rings (SSSR count). The van der Waals surface area contributed by atoms with Gasteiger partial charge in [-0.2, -0.15) is 0 Å². The fourth-order valence-electron chi connectivity index (χ4n) is 6.83. The van der Waals surface area contributed by atoms with Crippen LogP contribution in [0.4, 0.5) is 11.4 Å². The van der Waals surface area contributed by atoms with Crippen LogP contribution in [0, 0.1) is 11.8 Å². The van der Waals surface area contributed by atoms with Crippen LogP contribution in [0.2, 0.25) is 0 Å². The van der Waals surface area contributed by atoms with Gasteiger partial charge in [-0.05, 0) is 71.7 Å². The lowest BCUT2D eigenvalue weighted by molar-refractivity contribution is -0.160. The first-order chi connectivity index (χ1) is 18.1. The van der Waals surface area contributed by atoms with Gasteiger partial charge in [0.2, 0.25) is 5.91 Å². The fraction of sp³-hybridized carbons (Fsp3) is 0.621. The average molecular weight is 528 g/mol. The first-order valence-corrected chi connectivity index (χ1v) is 13.7. The Morgan fingerprint density at radius 1 is 1.21 bits per heavy atom. The van der Waals surface area contributed by atoms with Crippen LogP contribution >= 0.6 is 0 Å². The van der Waals surface area contributed by atoms with Crippen molar-refractivity contribution in [3.8, 4) is 0 Å². The number of carbonyl (C=O) groups excluding carboxylic acids is 3. The predicted molar refractivity (Wildman–Crippen MR) is 145 cm³/mol. The Balaban J connectivity index is 1.77. The number of rotatable bonds is 11. The number of amides is 2. The second-order valence-electron chi connectivity index (χ2n) is 10.7. The van der Waals surface area contributed by atoms with Gasteiger partial charge >= 0.3 is 5.97 Å². The van der Waals surface area contributed by atoms with E-state index in [0.29, 0.717) is 18.5 Å². The van der Waals surface area contributed by atoms with E-state index in [4.69, 9.17) is 9.47 Å². The van der Waals surface area contributed by atoms with E-state index in [2.05, 4.69) is 25.3 Å². The number of benzene rings is 1. The van der Waals surface area contributed by atoms with Crippen molar-refractivity contribution in [1.29, 1.82) is 0 Å². The van der Waals surface area contributed by atoms with E-state index in [-0.39, 0.29) is 31.6 Å². The molecular weight excluding hydrogens is 486 g/mol. The van der Waals surface area contributed by atoms with Crippen molar-refractivity contribution < 1.29 is 29.0 Å². The summed E-state index contributed by atoms with van der Waals surface area (Å²) in [5.74, 6) is -2.79. The molecule has 38 heavy (non-hydrogen) atoms. The standard InChI is InChI=1S/C29H41N3O6/c1-7-17-31(21-13-11-20(12-14-21)30(8-2)9-3)26(35)24-29-16-15-28(6,38-29)23(27(36)37-10-4)22(29)25(34)32(24)19(5)18-33/h7,11-14,19,22-24,33H,1,8-10,15-18H2,2-6H3/t19-,22+,23+,24?,28-,29?/m1/s1. The van der Waals surface area contributed by atoms with Gasteiger partial charge in [-0.1, -0.05) is 6.08 Å². The first-order valence-electron chi connectivity index (χ1n) is 13.7. The third kappa shape index (κ3) is 4.20. The summed E-state index contributed by atoms with van der Waals surface area (Å²) in [6, 6.07) is 6.13. The van der Waals surface area contributed by atoms with Crippen LogP contribution in [-0.2, 0) is 23.9 Å². The zero-order valence-corrected chi connectivity index (χ0v) is 23.2. The largest absolute Gasteiger partial charge is 0.466 e. The normalized spacial score (nSPS) is 30.2. The Labute approximate surface area is 225 Å². The minimum absolute atomic E-state index is 0.190. The van der Waals surface area contributed by atoms with Gasteiger partial charge in [0.1, 0.15) is 17.6 Å². The predicted octanol–water partition coefficient (Wildman–Crippen LogP) is 2.76. The smallest absolute Gasteiger partial charge is 0.312 e. The molecule has 9 heteroatoms. The van der Waals surface area contributed by atoms with Crippen LogP contribution < -0.4 is 9.80 Å². The summed E-state index contributed by atoms with van der Waals surface area (Å²) in [4.78, 5) is 46.8. The SMILES string of the molecule is C=CCN(C(=O)C1N([C@H](C)CO)C(=O)[C@@H]2[C@@H](C(=O)OCC)[C@@]3(C)CCC12O3)c1ccc(N(CC)CC)cc1. The summed E-state index contributed by atoms with van der Waals surface area (Å²) >= 11 is 0. The molecule has 3 saturated heterocycles. The lowest BCUT2D eigenvalue weighted by atomic mass is 9.66. The highest BCUT2D eigenvalue weighted by Gasteiger charge is 2.79. The molecule has 0 radical (unpaired) electrons. The van der Waals surface area contributed by atoms with Gasteiger partial charge in [0.15, 0.2) is 0 Å². The summed E-state index contributed by atoms with van der Waals surface area (Å²) in [5.41, 5.74) is -0.341. The molecule has 3 heterocycles. The fourth-order valence-corrected chi connectivity index (χ4v) is 6.83. The van der Waals surface area contributed by atoms with Crippen LogP contribution in [0.5, 0.6) is 0 Å². The first kappa shape index (κ1) is 28.1. The molecule has 0 saturated carbocycles. The van der Waals surface area contributed by atoms with Crippen molar-refractivity contribution in [1.82, 2.24) is 4.90 Å². The number of ether oxygens (including phenoxy) is 2. The van der Waals surface area contributed by atoms with E-state index in [1.807, 2.05) is 31.2 Å². The van der Waals surface area contributed by atoms with E-state index in [1.165, 1.54) is 4.90 Å². The van der Waals surface area contributed by atoms with Crippen LogP contribution in [0.3, 0.4) is 0 Å². The Bertz CT molecular complexity index is 1070. The van der Waals surface area contributed by atoms with Crippen LogP contribution in [0.1, 0.15) is 47.5 Å². The summed E-state index contributed by atoms with van der Waals surface area (Å²) in [6.07, 6.45) is 2.65. The third-order valence-electron chi connectivity index (χ3n) is 8.60. The number of aliphatic hydroxyl groups is 1. The Kier molecular flexibility index (Phi) is 7.91. The van der Waals surface area contributed by atoms with Gasteiger partial charge in [0, 0.05) is 31.0 Å². The number of esters is 1. The maximum atomic E-state index is 14.5.